The van der Waals surface area contributed by atoms with Crippen molar-refractivity contribution in [3.8, 4) is 0 Å². The van der Waals surface area contributed by atoms with Crippen LogP contribution in [0.3, 0.4) is 0 Å². The van der Waals surface area contributed by atoms with Gasteiger partial charge in [0, 0.05) is 19.6 Å². The van der Waals surface area contributed by atoms with Crippen LogP contribution in [0.2, 0.25) is 0 Å². The Kier molecular flexibility index (Phi) is 9.52. The Labute approximate surface area is 93.0 Å². The van der Waals surface area contributed by atoms with Crippen LogP contribution in [0.1, 0.15) is 26.7 Å². The predicted octanol–water partition coefficient (Wildman–Crippen LogP) is 0.871. The van der Waals surface area contributed by atoms with E-state index in [4.69, 9.17) is 4.74 Å². The van der Waals surface area contributed by atoms with E-state index in [9.17, 15) is 4.79 Å². The van der Waals surface area contributed by atoms with Gasteiger partial charge in [-0.25, -0.2) is 0 Å². The van der Waals surface area contributed by atoms with E-state index in [2.05, 4.69) is 19.2 Å². The Morgan fingerprint density at radius 1 is 1.27 bits per heavy atom. The number of likely N-dealkylation sites (N-methyl/N-ethyl adjacent to an activating group) is 1. The van der Waals surface area contributed by atoms with Crippen molar-refractivity contribution in [3.05, 3.63) is 0 Å². The first-order valence-corrected chi connectivity index (χ1v) is 5.76. The van der Waals surface area contributed by atoms with Crippen LogP contribution in [0.4, 0.5) is 0 Å². The van der Waals surface area contributed by atoms with Gasteiger partial charge in [-0.1, -0.05) is 13.8 Å². The zero-order chi connectivity index (χ0) is 11.5. The minimum Gasteiger partial charge on any atom is -0.370 e. The molecular formula is C11H24N2O2. The fourth-order valence-corrected chi connectivity index (χ4v) is 1.33. The van der Waals surface area contributed by atoms with Crippen LogP contribution >= 0.6 is 0 Å². The van der Waals surface area contributed by atoms with Gasteiger partial charge in [0.25, 0.3) is 0 Å². The molecule has 4 heteroatoms. The van der Waals surface area contributed by atoms with E-state index in [-0.39, 0.29) is 12.5 Å². The molecule has 0 aliphatic carbocycles. The monoisotopic (exact) mass is 216 g/mol. The van der Waals surface area contributed by atoms with Gasteiger partial charge in [-0.3, -0.25) is 4.79 Å². The first-order valence-electron chi connectivity index (χ1n) is 5.76. The number of ether oxygens (including phenoxy) is 1. The van der Waals surface area contributed by atoms with Crippen molar-refractivity contribution >= 4 is 5.91 Å². The number of rotatable bonds is 9. The summed E-state index contributed by atoms with van der Waals surface area (Å²) in [6.45, 7) is 7.42. The maximum Gasteiger partial charge on any atom is 0.248 e. The second-order valence-electron chi connectivity index (χ2n) is 3.54. The molecule has 0 heterocycles. The average molecular weight is 216 g/mol. The highest BCUT2D eigenvalue weighted by atomic mass is 16.5. The lowest BCUT2D eigenvalue weighted by Gasteiger charge is -2.21. The molecule has 0 aromatic carbocycles. The van der Waals surface area contributed by atoms with Crippen LogP contribution in [0.15, 0.2) is 0 Å². The Hall–Kier alpha value is -0.610. The highest BCUT2D eigenvalue weighted by Gasteiger charge is 2.10. The number of carbonyl (C=O) groups excluding carboxylic acids is 1. The third-order valence-corrected chi connectivity index (χ3v) is 2.06. The molecule has 0 radical (unpaired) electrons. The highest BCUT2D eigenvalue weighted by molar-refractivity contribution is 5.77. The molecule has 0 aliphatic rings. The summed E-state index contributed by atoms with van der Waals surface area (Å²) < 4.78 is 5.26. The number of hydrogen-bond donors (Lipinski definition) is 1. The molecule has 0 rings (SSSR count). The molecular weight excluding hydrogens is 192 g/mol. The molecule has 4 nitrogen and oxygen atoms in total. The summed E-state index contributed by atoms with van der Waals surface area (Å²) in [5.74, 6) is 0.106. The predicted molar refractivity (Wildman–Crippen MR) is 61.9 cm³/mol. The van der Waals surface area contributed by atoms with Gasteiger partial charge in [0.1, 0.15) is 6.61 Å². The first kappa shape index (κ1) is 14.4. The number of nitrogens with one attached hydrogen (secondary N) is 1. The van der Waals surface area contributed by atoms with Gasteiger partial charge in [-0.15, -0.1) is 0 Å². The van der Waals surface area contributed by atoms with E-state index in [1.165, 1.54) is 0 Å². The molecule has 0 aromatic heterocycles. The largest absolute Gasteiger partial charge is 0.370 e. The summed E-state index contributed by atoms with van der Waals surface area (Å²) in [5, 5.41) is 2.97. The SMILES string of the molecule is CCCN(CCC)C(=O)COCCNC. The standard InChI is InChI=1S/C11H24N2O2/c1-4-7-13(8-5-2)11(14)10-15-9-6-12-3/h12H,4-10H2,1-3H3. The fourth-order valence-electron chi connectivity index (χ4n) is 1.33. The summed E-state index contributed by atoms with van der Waals surface area (Å²) >= 11 is 0. The van der Waals surface area contributed by atoms with Crippen molar-refractivity contribution in [2.75, 3.05) is 39.9 Å². The van der Waals surface area contributed by atoms with Crippen LogP contribution in [0, 0.1) is 0 Å². The second kappa shape index (κ2) is 9.93. The summed E-state index contributed by atoms with van der Waals surface area (Å²) in [4.78, 5) is 13.5. The summed E-state index contributed by atoms with van der Waals surface area (Å²) in [5.41, 5.74) is 0. The first-order chi connectivity index (χ1) is 7.26. The Morgan fingerprint density at radius 3 is 2.33 bits per heavy atom. The van der Waals surface area contributed by atoms with Crippen molar-refractivity contribution in [3.63, 3.8) is 0 Å². The van der Waals surface area contributed by atoms with Crippen molar-refractivity contribution in [1.82, 2.24) is 10.2 Å². The van der Waals surface area contributed by atoms with E-state index >= 15 is 0 Å². The Balaban J connectivity index is 3.70. The van der Waals surface area contributed by atoms with Gasteiger partial charge in [-0.2, -0.15) is 0 Å². The van der Waals surface area contributed by atoms with Gasteiger partial charge in [0.05, 0.1) is 6.61 Å². The molecule has 0 spiro atoms. The lowest BCUT2D eigenvalue weighted by atomic mass is 10.3. The van der Waals surface area contributed by atoms with Gasteiger partial charge >= 0.3 is 0 Å². The third-order valence-electron chi connectivity index (χ3n) is 2.06. The van der Waals surface area contributed by atoms with Crippen LogP contribution in [-0.2, 0) is 9.53 Å². The van der Waals surface area contributed by atoms with Crippen molar-refractivity contribution in [2.24, 2.45) is 0 Å². The van der Waals surface area contributed by atoms with Crippen LogP contribution < -0.4 is 5.32 Å². The average Bonchev–Trinajstić information content (AvgIpc) is 2.24. The van der Waals surface area contributed by atoms with E-state index in [1.54, 1.807) is 0 Å². The van der Waals surface area contributed by atoms with Gasteiger partial charge in [-0.05, 0) is 19.9 Å². The number of amides is 1. The van der Waals surface area contributed by atoms with Gasteiger partial charge in [0.2, 0.25) is 5.91 Å². The van der Waals surface area contributed by atoms with Crippen LogP contribution in [0.25, 0.3) is 0 Å². The van der Waals surface area contributed by atoms with Crippen molar-refractivity contribution < 1.29 is 9.53 Å². The molecule has 0 saturated heterocycles. The summed E-state index contributed by atoms with van der Waals surface area (Å²) in [7, 11) is 1.87. The maximum atomic E-state index is 11.7. The molecule has 1 N–H and O–H groups in total. The molecule has 0 atom stereocenters. The highest BCUT2D eigenvalue weighted by Crippen LogP contribution is 1.95. The number of nitrogens with zero attached hydrogens (tertiary/aromatic N) is 1. The summed E-state index contributed by atoms with van der Waals surface area (Å²) in [6, 6.07) is 0. The molecule has 15 heavy (non-hydrogen) atoms. The minimum atomic E-state index is 0.106. The molecule has 90 valence electrons. The number of hydrogen-bond acceptors (Lipinski definition) is 3. The lowest BCUT2D eigenvalue weighted by molar-refractivity contribution is -0.136. The fraction of sp³-hybridized carbons (Fsp3) is 0.909. The normalized spacial score (nSPS) is 10.3. The topological polar surface area (TPSA) is 41.6 Å². The van der Waals surface area contributed by atoms with Gasteiger partial charge in [0.15, 0.2) is 0 Å². The van der Waals surface area contributed by atoms with Crippen molar-refractivity contribution in [2.45, 2.75) is 26.7 Å². The van der Waals surface area contributed by atoms with Gasteiger partial charge < -0.3 is 15.0 Å². The third kappa shape index (κ3) is 7.33. The molecule has 0 aliphatic heterocycles. The Morgan fingerprint density at radius 2 is 1.87 bits per heavy atom. The smallest absolute Gasteiger partial charge is 0.248 e. The zero-order valence-electron chi connectivity index (χ0n) is 10.2. The molecule has 0 aromatic rings. The quantitative estimate of drug-likeness (QED) is 0.582. The molecule has 0 fully saturated rings. The molecule has 1 amide bonds. The van der Waals surface area contributed by atoms with E-state index in [0.717, 1.165) is 32.5 Å². The molecule has 0 unspecified atom stereocenters. The maximum absolute atomic E-state index is 11.7. The summed E-state index contributed by atoms with van der Waals surface area (Å²) in [6.07, 6.45) is 2.00. The van der Waals surface area contributed by atoms with Crippen LogP contribution in [0.5, 0.6) is 0 Å². The molecule has 0 saturated carbocycles. The van der Waals surface area contributed by atoms with E-state index in [0.29, 0.717) is 6.61 Å². The lowest BCUT2D eigenvalue weighted by Crippen LogP contribution is -2.35. The van der Waals surface area contributed by atoms with Crippen LogP contribution in [-0.4, -0.2) is 50.7 Å². The Bertz CT molecular complexity index is 157. The van der Waals surface area contributed by atoms with E-state index < -0.39 is 0 Å². The number of carbonyl (C=O) groups is 1. The second-order valence-corrected chi connectivity index (χ2v) is 3.54. The van der Waals surface area contributed by atoms with Crippen molar-refractivity contribution in [1.29, 1.82) is 0 Å². The van der Waals surface area contributed by atoms with E-state index in [1.807, 2.05) is 11.9 Å². The molecule has 0 bridgehead atoms. The zero-order valence-corrected chi connectivity index (χ0v) is 10.2. The minimum absolute atomic E-state index is 0.106.